The first kappa shape index (κ1) is 20.5. The quantitative estimate of drug-likeness (QED) is 0.695. The number of sulfone groups is 1. The summed E-state index contributed by atoms with van der Waals surface area (Å²) >= 11 is 0. The predicted molar refractivity (Wildman–Crippen MR) is 98.3 cm³/mol. The highest BCUT2D eigenvalue weighted by atomic mass is 32.2. The van der Waals surface area contributed by atoms with Crippen LogP contribution in [0.5, 0.6) is 0 Å². The number of halogens is 3. The number of pyridine rings is 1. The van der Waals surface area contributed by atoms with Crippen molar-refractivity contribution in [3.63, 3.8) is 0 Å². The third kappa shape index (κ3) is 4.29. The van der Waals surface area contributed by atoms with E-state index < -0.39 is 21.7 Å². The van der Waals surface area contributed by atoms with Crippen molar-refractivity contribution in [1.29, 1.82) is 0 Å². The molecule has 2 aromatic heterocycles. The summed E-state index contributed by atoms with van der Waals surface area (Å²) in [6.07, 6.45) is -2.63. The largest absolute Gasteiger partial charge is 0.435 e. The van der Waals surface area contributed by atoms with Gasteiger partial charge in [-0.1, -0.05) is 12.1 Å². The Labute approximate surface area is 164 Å². The SMILES string of the molecule is CNC(=O)c1ccc(-c2cc(C(F)(F)F)nn2-c2ccc(S(C)(=O)=O)cn2)cc1. The van der Waals surface area contributed by atoms with Crippen LogP contribution in [-0.2, 0) is 16.0 Å². The number of hydrogen-bond donors (Lipinski definition) is 1. The van der Waals surface area contributed by atoms with Crippen molar-refractivity contribution in [2.24, 2.45) is 0 Å². The molecule has 0 atom stereocenters. The van der Waals surface area contributed by atoms with Crippen LogP contribution in [0.2, 0.25) is 0 Å². The van der Waals surface area contributed by atoms with E-state index in [4.69, 9.17) is 0 Å². The molecule has 11 heteroatoms. The fraction of sp³-hybridized carbons (Fsp3) is 0.167. The number of rotatable bonds is 4. The van der Waals surface area contributed by atoms with E-state index in [9.17, 15) is 26.4 Å². The second kappa shape index (κ2) is 7.32. The van der Waals surface area contributed by atoms with Crippen LogP contribution in [0.4, 0.5) is 13.2 Å². The van der Waals surface area contributed by atoms with E-state index in [0.29, 0.717) is 11.1 Å². The Hall–Kier alpha value is -3.21. The molecule has 0 saturated carbocycles. The van der Waals surface area contributed by atoms with Gasteiger partial charge >= 0.3 is 6.18 Å². The lowest BCUT2D eigenvalue weighted by molar-refractivity contribution is -0.141. The van der Waals surface area contributed by atoms with Crippen LogP contribution in [0, 0.1) is 0 Å². The van der Waals surface area contributed by atoms with Gasteiger partial charge in [-0.05, 0) is 30.3 Å². The lowest BCUT2D eigenvalue weighted by Gasteiger charge is -2.08. The van der Waals surface area contributed by atoms with Crippen molar-refractivity contribution in [2.45, 2.75) is 11.1 Å². The van der Waals surface area contributed by atoms with E-state index in [2.05, 4.69) is 15.4 Å². The molecule has 0 aliphatic rings. The predicted octanol–water partition coefficient (Wildman–Crippen LogP) is 2.72. The van der Waals surface area contributed by atoms with E-state index >= 15 is 0 Å². The van der Waals surface area contributed by atoms with E-state index in [1.165, 1.54) is 43.4 Å². The summed E-state index contributed by atoms with van der Waals surface area (Å²) in [5, 5.41) is 6.05. The van der Waals surface area contributed by atoms with Gasteiger partial charge in [-0.15, -0.1) is 0 Å². The third-order valence-electron chi connectivity index (χ3n) is 4.04. The Balaban J connectivity index is 2.12. The number of benzene rings is 1. The number of amides is 1. The lowest BCUT2D eigenvalue weighted by Crippen LogP contribution is -2.17. The fourth-order valence-corrected chi connectivity index (χ4v) is 3.11. The smallest absolute Gasteiger partial charge is 0.355 e. The molecule has 7 nitrogen and oxygen atoms in total. The minimum Gasteiger partial charge on any atom is -0.355 e. The molecule has 152 valence electrons. The number of nitrogens with one attached hydrogen (secondary N) is 1. The number of alkyl halides is 3. The molecule has 0 bridgehead atoms. The molecule has 3 aromatic rings. The van der Waals surface area contributed by atoms with Crippen molar-refractivity contribution in [2.75, 3.05) is 13.3 Å². The van der Waals surface area contributed by atoms with Crippen molar-refractivity contribution in [3.8, 4) is 17.1 Å². The van der Waals surface area contributed by atoms with Gasteiger partial charge in [0.05, 0.1) is 10.6 Å². The van der Waals surface area contributed by atoms with Crippen molar-refractivity contribution in [3.05, 3.63) is 59.9 Å². The Morgan fingerprint density at radius 1 is 1.10 bits per heavy atom. The maximum Gasteiger partial charge on any atom is 0.435 e. The number of aromatic nitrogens is 3. The molecule has 3 rings (SSSR count). The molecule has 1 N–H and O–H groups in total. The Morgan fingerprint density at radius 3 is 2.24 bits per heavy atom. The lowest BCUT2D eigenvalue weighted by atomic mass is 10.1. The standard InChI is InChI=1S/C18H15F3N4O3S/c1-22-17(26)12-5-3-11(4-6-12)14-9-15(18(19,20)21)24-25(14)16-8-7-13(10-23-16)29(2,27)28/h3-10H,1-2H3,(H,22,26). The van der Waals surface area contributed by atoms with E-state index in [1.54, 1.807) is 0 Å². The topological polar surface area (TPSA) is 94.0 Å². The van der Waals surface area contributed by atoms with Crippen LogP contribution in [-0.4, -0.2) is 42.4 Å². The fourth-order valence-electron chi connectivity index (χ4n) is 2.55. The molecule has 2 heterocycles. The number of carbonyl (C=O) groups is 1. The molecule has 0 aliphatic carbocycles. The molecule has 0 aliphatic heterocycles. The van der Waals surface area contributed by atoms with Gasteiger partial charge in [0.15, 0.2) is 21.3 Å². The van der Waals surface area contributed by atoms with E-state index in [-0.39, 0.29) is 22.3 Å². The summed E-state index contributed by atoms with van der Waals surface area (Å²) in [6.45, 7) is 0. The molecule has 1 amide bonds. The summed E-state index contributed by atoms with van der Waals surface area (Å²) in [6, 6.07) is 9.29. The Bertz CT molecular complexity index is 1150. The van der Waals surface area contributed by atoms with Crippen LogP contribution in [0.3, 0.4) is 0 Å². The van der Waals surface area contributed by atoms with Gasteiger partial charge in [0, 0.05) is 30.6 Å². The first-order chi connectivity index (χ1) is 13.5. The average Bonchev–Trinajstić information content (AvgIpc) is 3.13. The third-order valence-corrected chi connectivity index (χ3v) is 5.13. The van der Waals surface area contributed by atoms with Crippen LogP contribution < -0.4 is 5.32 Å². The van der Waals surface area contributed by atoms with Crippen LogP contribution in [0.25, 0.3) is 17.1 Å². The molecule has 0 spiro atoms. The van der Waals surface area contributed by atoms with Gasteiger partial charge in [-0.25, -0.2) is 18.1 Å². The summed E-state index contributed by atoms with van der Waals surface area (Å²) in [5.74, 6) is -0.322. The van der Waals surface area contributed by atoms with Gasteiger partial charge in [0.25, 0.3) is 5.91 Å². The van der Waals surface area contributed by atoms with Crippen LogP contribution in [0.1, 0.15) is 16.1 Å². The molecular weight excluding hydrogens is 409 g/mol. The highest BCUT2D eigenvalue weighted by Crippen LogP contribution is 2.33. The maximum atomic E-state index is 13.2. The molecule has 0 unspecified atom stereocenters. The summed E-state index contributed by atoms with van der Waals surface area (Å²) in [5.41, 5.74) is -0.333. The first-order valence-corrected chi connectivity index (χ1v) is 10.1. The van der Waals surface area contributed by atoms with E-state index in [1.807, 2.05) is 0 Å². The Morgan fingerprint density at radius 2 is 1.76 bits per heavy atom. The van der Waals surface area contributed by atoms with Gasteiger partial charge in [0.1, 0.15) is 0 Å². The van der Waals surface area contributed by atoms with Crippen molar-refractivity contribution >= 4 is 15.7 Å². The van der Waals surface area contributed by atoms with Crippen LogP contribution in [0.15, 0.2) is 53.6 Å². The highest BCUT2D eigenvalue weighted by Gasteiger charge is 2.35. The van der Waals surface area contributed by atoms with Gasteiger partial charge in [-0.2, -0.15) is 18.3 Å². The molecule has 1 aromatic carbocycles. The molecule has 0 fully saturated rings. The minimum absolute atomic E-state index is 0.0123. The maximum absolute atomic E-state index is 13.2. The number of carbonyl (C=O) groups excluding carboxylic acids is 1. The van der Waals surface area contributed by atoms with Gasteiger partial charge in [-0.3, -0.25) is 4.79 Å². The summed E-state index contributed by atoms with van der Waals surface area (Å²) in [4.78, 5) is 15.5. The second-order valence-corrected chi connectivity index (χ2v) is 8.12. The van der Waals surface area contributed by atoms with Gasteiger partial charge in [0.2, 0.25) is 0 Å². The molecule has 0 saturated heterocycles. The molecular formula is C18H15F3N4O3S. The average molecular weight is 424 g/mol. The summed E-state index contributed by atoms with van der Waals surface area (Å²) < 4.78 is 63.8. The highest BCUT2D eigenvalue weighted by molar-refractivity contribution is 7.90. The zero-order valence-corrected chi connectivity index (χ0v) is 16.0. The van der Waals surface area contributed by atoms with E-state index in [0.717, 1.165) is 23.2 Å². The number of hydrogen-bond acceptors (Lipinski definition) is 5. The monoisotopic (exact) mass is 424 g/mol. The summed E-state index contributed by atoms with van der Waals surface area (Å²) in [7, 11) is -2.04. The zero-order valence-electron chi connectivity index (χ0n) is 15.2. The first-order valence-electron chi connectivity index (χ1n) is 8.17. The van der Waals surface area contributed by atoms with Crippen molar-refractivity contribution in [1.82, 2.24) is 20.1 Å². The minimum atomic E-state index is -4.69. The van der Waals surface area contributed by atoms with Gasteiger partial charge < -0.3 is 5.32 Å². The zero-order chi connectivity index (χ0) is 21.4. The Kier molecular flexibility index (Phi) is 5.18. The normalized spacial score (nSPS) is 12.0. The number of nitrogens with zero attached hydrogens (tertiary/aromatic N) is 3. The molecule has 0 radical (unpaired) electrons. The van der Waals surface area contributed by atoms with Crippen molar-refractivity contribution < 1.29 is 26.4 Å². The van der Waals surface area contributed by atoms with Crippen LogP contribution >= 0.6 is 0 Å². The molecule has 29 heavy (non-hydrogen) atoms. The second-order valence-electron chi connectivity index (χ2n) is 6.11.